The molecule has 0 amide bonds. The molecule has 7 rings (SSSR count). The Bertz CT molecular complexity index is 1880. The van der Waals surface area contributed by atoms with Gasteiger partial charge in [-0.05, 0) is 23.8 Å². The van der Waals surface area contributed by atoms with Gasteiger partial charge in [0.1, 0.15) is 55.5 Å². The van der Waals surface area contributed by atoms with Gasteiger partial charge in [-0.15, -0.1) is 0 Å². The number of hydrogen-bond donors (Lipinski definition) is 6. The van der Waals surface area contributed by atoms with Crippen LogP contribution in [0.25, 0.3) is 0 Å². The van der Waals surface area contributed by atoms with Gasteiger partial charge in [0.05, 0.1) is 12.7 Å². The van der Waals surface area contributed by atoms with Gasteiger partial charge < -0.3 is 63.5 Å². The average Bonchev–Trinajstić information content (AvgIpc) is 3.80. The quantitative estimate of drug-likeness (QED) is 0.0509. The molecular weight excluding hydrogens is 701 g/mol. The summed E-state index contributed by atoms with van der Waals surface area (Å²) in [7, 11) is 1.26. The van der Waals surface area contributed by atoms with E-state index in [2.05, 4.69) is 0 Å². The van der Waals surface area contributed by atoms with Gasteiger partial charge in [-0.1, -0.05) is 41.9 Å². The molecule has 4 aliphatic rings. The van der Waals surface area contributed by atoms with Crippen LogP contribution in [0.1, 0.15) is 37.4 Å². The first-order valence-corrected chi connectivity index (χ1v) is 16.9. The molecule has 2 aromatic carbocycles. The van der Waals surface area contributed by atoms with Gasteiger partial charge in [0.15, 0.2) is 30.3 Å². The second-order valence-corrected chi connectivity index (χ2v) is 13.3. The minimum Gasteiger partial charge on any atom is -0.555 e. The van der Waals surface area contributed by atoms with Crippen molar-refractivity contribution in [1.82, 2.24) is 0 Å². The zero-order valence-electron chi connectivity index (χ0n) is 28.2. The van der Waals surface area contributed by atoms with Gasteiger partial charge in [-0.25, -0.2) is 4.79 Å². The molecule has 1 aliphatic carbocycles. The number of methoxy groups -OCH3 is 1. The van der Waals surface area contributed by atoms with Crippen LogP contribution in [0, 0.1) is 0 Å². The number of carbonyl (C=O) groups is 3. The van der Waals surface area contributed by atoms with Gasteiger partial charge in [-0.2, -0.15) is 4.57 Å². The van der Waals surface area contributed by atoms with E-state index < -0.39 is 80.7 Å². The Hall–Kier alpha value is -4.02. The molecular formula is C35H38BNO16. The van der Waals surface area contributed by atoms with E-state index in [9.17, 15) is 44.9 Å². The number of pyridine rings is 1. The van der Waals surface area contributed by atoms with E-state index in [4.69, 9.17) is 33.0 Å². The van der Waals surface area contributed by atoms with Crippen LogP contribution in [-0.2, 0) is 50.9 Å². The number of carbonyl (C=O) groups excluding carboxylic acids is 3. The number of rotatable bonds is 11. The third-order valence-electron chi connectivity index (χ3n) is 9.77. The lowest BCUT2D eigenvalue weighted by molar-refractivity contribution is -0.685. The fourth-order valence-corrected chi connectivity index (χ4v) is 6.93. The van der Waals surface area contributed by atoms with Crippen LogP contribution in [0.5, 0.6) is 0 Å². The average molecular weight is 739 g/mol. The van der Waals surface area contributed by atoms with E-state index in [0.717, 1.165) is 0 Å². The fraction of sp³-hybridized carbons (Fsp3) is 0.429. The number of ether oxygens (including phenoxy) is 5. The van der Waals surface area contributed by atoms with Crippen molar-refractivity contribution in [1.29, 1.82) is 0 Å². The van der Waals surface area contributed by atoms with Gasteiger partial charge in [0.25, 0.3) is 0 Å². The fourth-order valence-electron chi connectivity index (χ4n) is 6.93. The largest absolute Gasteiger partial charge is 0.555 e. The Labute approximate surface area is 301 Å². The molecule has 11 atom stereocenters. The molecule has 3 aliphatic heterocycles. The Kier molecular flexibility index (Phi) is 10.6. The summed E-state index contributed by atoms with van der Waals surface area (Å²) in [6.07, 6.45) is -10.7. The van der Waals surface area contributed by atoms with Crippen molar-refractivity contribution in [3.63, 3.8) is 0 Å². The first kappa shape index (κ1) is 37.3. The maximum Gasteiger partial charge on any atom is 0.413 e. The number of ketones is 2. The van der Waals surface area contributed by atoms with Crippen molar-refractivity contribution >= 4 is 29.8 Å². The lowest BCUT2D eigenvalue weighted by atomic mass is 9.71. The van der Waals surface area contributed by atoms with Crippen LogP contribution >= 0.6 is 0 Å². The second kappa shape index (κ2) is 15.0. The number of esters is 1. The van der Waals surface area contributed by atoms with Crippen LogP contribution in [0.3, 0.4) is 0 Å². The Morgan fingerprint density at radius 1 is 0.906 bits per heavy atom. The van der Waals surface area contributed by atoms with Crippen LogP contribution in [-0.4, -0.2) is 137 Å². The molecule has 3 fully saturated rings. The van der Waals surface area contributed by atoms with Gasteiger partial charge >= 0.3 is 12.7 Å². The highest BCUT2D eigenvalue weighted by Crippen LogP contribution is 2.32. The SMILES string of the molecule is CO[C@@H]1O[C@H]([C@H](O)CO[C@@H]2O[C@@H]([C@H]3CO[B-](O)(c4ccc[n+](CC(=O)OCc5ccc6c(c5)C(=O)c5ccccc5C6=O)c4)O3)C(O)C2O)C(O)C1O. The second-order valence-electron chi connectivity index (χ2n) is 13.3. The minimum atomic E-state index is -3.13. The lowest BCUT2D eigenvalue weighted by Crippen LogP contribution is -2.55. The van der Waals surface area contributed by atoms with Crippen molar-refractivity contribution < 1.29 is 82.5 Å². The maximum absolute atomic E-state index is 13.0. The smallest absolute Gasteiger partial charge is 0.413 e. The van der Waals surface area contributed by atoms with E-state index in [-0.39, 0.29) is 47.9 Å². The monoisotopic (exact) mass is 739 g/mol. The molecule has 4 heterocycles. The molecule has 18 heteroatoms. The molecule has 3 aromatic rings. The summed E-state index contributed by atoms with van der Waals surface area (Å²) < 4.78 is 39.6. The minimum absolute atomic E-state index is 0.150. The Balaban J connectivity index is 0.925. The summed E-state index contributed by atoms with van der Waals surface area (Å²) in [4.78, 5) is 38.7. The van der Waals surface area contributed by atoms with Gasteiger partial charge in [0.2, 0.25) is 6.54 Å². The van der Waals surface area contributed by atoms with Crippen molar-refractivity contribution in [3.8, 4) is 0 Å². The molecule has 0 spiro atoms. The van der Waals surface area contributed by atoms with Crippen molar-refractivity contribution in [2.24, 2.45) is 0 Å². The predicted molar refractivity (Wildman–Crippen MR) is 175 cm³/mol. The summed E-state index contributed by atoms with van der Waals surface area (Å²) in [5.41, 5.74) is 1.84. The summed E-state index contributed by atoms with van der Waals surface area (Å²) in [6, 6.07) is 14.3. The van der Waals surface area contributed by atoms with E-state index >= 15 is 0 Å². The molecule has 3 saturated heterocycles. The lowest BCUT2D eigenvalue weighted by Gasteiger charge is -2.30. The maximum atomic E-state index is 13.0. The summed E-state index contributed by atoms with van der Waals surface area (Å²) in [5.74, 6) is -1.18. The van der Waals surface area contributed by atoms with Crippen molar-refractivity contribution in [2.75, 3.05) is 20.3 Å². The third kappa shape index (κ3) is 7.17. The molecule has 6 N–H and O–H groups in total. The normalized spacial score (nSPS) is 32.8. The predicted octanol–water partition coefficient (Wildman–Crippen LogP) is -3.04. The van der Waals surface area contributed by atoms with Crippen LogP contribution < -0.4 is 10.0 Å². The van der Waals surface area contributed by atoms with Crippen molar-refractivity contribution in [3.05, 3.63) is 94.8 Å². The first-order valence-electron chi connectivity index (χ1n) is 16.9. The van der Waals surface area contributed by atoms with E-state index in [1.54, 1.807) is 48.7 Å². The standard InChI is InChI=1S/C35H38BNO16/c1-47-34-30(44)28(42)32(51-34)23(38)15-49-35-31(45)29(43)33(52-35)24-16-50-36(46,53-24)18-5-4-10-37(12-18)13-25(39)48-14-17-8-9-21-22(11-17)27(41)20-7-3-2-6-19(20)26(21)40/h2-12,23-24,28-35,38,42-46H,13-16H2,1H3/t23-,24-,28?,29?,30?,31?,32-,33+,34-,35-,36?/m1/s1. The van der Waals surface area contributed by atoms with Crippen LogP contribution in [0.2, 0.25) is 0 Å². The zero-order chi connectivity index (χ0) is 37.6. The third-order valence-corrected chi connectivity index (χ3v) is 9.77. The van der Waals surface area contributed by atoms with E-state index in [1.807, 2.05) is 0 Å². The molecule has 5 unspecified atom stereocenters. The summed E-state index contributed by atoms with van der Waals surface area (Å²) >= 11 is 0. The molecule has 0 bridgehead atoms. The van der Waals surface area contributed by atoms with Crippen LogP contribution in [0.15, 0.2) is 67.0 Å². The first-order chi connectivity index (χ1) is 25.4. The van der Waals surface area contributed by atoms with Crippen LogP contribution in [0.4, 0.5) is 0 Å². The van der Waals surface area contributed by atoms with Crippen molar-refractivity contribution in [2.45, 2.75) is 74.6 Å². The highest BCUT2D eigenvalue weighted by Gasteiger charge is 2.52. The zero-order valence-corrected chi connectivity index (χ0v) is 28.2. The molecule has 282 valence electrons. The summed E-state index contributed by atoms with van der Waals surface area (Å²) in [6.45, 7) is -4.34. The van der Waals surface area contributed by atoms with Gasteiger partial charge in [-0.3, -0.25) is 9.59 Å². The van der Waals surface area contributed by atoms with E-state index in [0.29, 0.717) is 16.7 Å². The highest BCUT2D eigenvalue weighted by atomic mass is 16.8. The Morgan fingerprint density at radius 3 is 2.32 bits per heavy atom. The highest BCUT2D eigenvalue weighted by molar-refractivity contribution is 6.74. The number of fused-ring (bicyclic) bond motifs is 2. The molecule has 1 aromatic heterocycles. The topological polar surface area (TPSA) is 241 Å². The number of aliphatic hydroxyl groups excluding tert-OH is 5. The number of benzene rings is 2. The number of nitrogens with zero attached hydrogens (tertiary/aromatic N) is 1. The number of hydrogen-bond acceptors (Lipinski definition) is 16. The number of aromatic nitrogens is 1. The van der Waals surface area contributed by atoms with Gasteiger partial charge in [0, 0.05) is 36.0 Å². The Morgan fingerprint density at radius 2 is 1.60 bits per heavy atom. The van der Waals surface area contributed by atoms with E-state index in [1.165, 1.54) is 30.0 Å². The molecule has 0 saturated carbocycles. The number of aliphatic hydroxyl groups is 5. The molecule has 0 radical (unpaired) electrons. The summed E-state index contributed by atoms with van der Waals surface area (Å²) in [5, 5.41) is 63.2. The molecule has 17 nitrogen and oxygen atoms in total. The molecule has 53 heavy (non-hydrogen) atoms.